The van der Waals surface area contributed by atoms with Gasteiger partial charge in [-0.1, -0.05) is 0 Å². The molecule has 20 heavy (non-hydrogen) atoms. The summed E-state index contributed by atoms with van der Waals surface area (Å²) in [6.07, 6.45) is -0.606. The van der Waals surface area contributed by atoms with Crippen molar-refractivity contribution in [1.29, 1.82) is 0 Å². The third-order valence-corrected chi connectivity index (χ3v) is 2.54. The lowest BCUT2D eigenvalue weighted by molar-refractivity contribution is -0.142. The molecule has 7 nitrogen and oxygen atoms in total. The summed E-state index contributed by atoms with van der Waals surface area (Å²) in [5, 5.41) is 11.1. The minimum absolute atomic E-state index is 0.283. The van der Waals surface area contributed by atoms with E-state index in [1.807, 2.05) is 0 Å². The van der Waals surface area contributed by atoms with E-state index in [-0.39, 0.29) is 6.54 Å². The second-order valence-corrected chi connectivity index (χ2v) is 5.51. The van der Waals surface area contributed by atoms with Gasteiger partial charge in [0.15, 0.2) is 0 Å². The van der Waals surface area contributed by atoms with E-state index in [1.54, 1.807) is 27.7 Å². The van der Waals surface area contributed by atoms with E-state index < -0.39 is 35.7 Å². The molecule has 0 aromatic rings. The molecule has 0 fully saturated rings. The standard InChI is InChI=1S/C13H24N2O5/c1-7-15(12(19)20-13(4,5)6)9(3)10(16)14-8(2)11(17)18/h8-9H,7H2,1-6H3,(H,14,16)(H,17,18)/t8-,9-/m0/s1. The topological polar surface area (TPSA) is 95.9 Å². The molecule has 0 aromatic carbocycles. The highest BCUT2D eigenvalue weighted by Gasteiger charge is 2.29. The molecule has 116 valence electrons. The number of aliphatic carboxylic acids is 1. The molecular formula is C13H24N2O5. The Labute approximate surface area is 119 Å². The van der Waals surface area contributed by atoms with Crippen LogP contribution in [0.4, 0.5) is 4.79 Å². The molecule has 2 N–H and O–H groups in total. The second kappa shape index (κ2) is 7.12. The van der Waals surface area contributed by atoms with E-state index in [0.717, 1.165) is 0 Å². The molecule has 0 radical (unpaired) electrons. The molecule has 0 unspecified atom stereocenters. The van der Waals surface area contributed by atoms with Gasteiger partial charge in [0.1, 0.15) is 17.7 Å². The van der Waals surface area contributed by atoms with E-state index in [0.29, 0.717) is 0 Å². The van der Waals surface area contributed by atoms with Crippen molar-refractivity contribution in [3.63, 3.8) is 0 Å². The Kier molecular flexibility index (Phi) is 6.48. The fraction of sp³-hybridized carbons (Fsp3) is 0.769. The van der Waals surface area contributed by atoms with Crippen LogP contribution < -0.4 is 5.32 Å². The molecule has 0 saturated heterocycles. The molecule has 2 amide bonds. The Bertz CT molecular complexity index is 375. The van der Waals surface area contributed by atoms with Crippen LogP contribution >= 0.6 is 0 Å². The Morgan fingerprint density at radius 3 is 2.10 bits per heavy atom. The number of rotatable bonds is 5. The average Bonchev–Trinajstić information content (AvgIpc) is 2.26. The summed E-state index contributed by atoms with van der Waals surface area (Å²) in [4.78, 5) is 35.8. The smallest absolute Gasteiger partial charge is 0.410 e. The maximum atomic E-state index is 12.0. The first-order valence-corrected chi connectivity index (χ1v) is 6.52. The first-order valence-electron chi connectivity index (χ1n) is 6.52. The Morgan fingerprint density at radius 1 is 1.25 bits per heavy atom. The van der Waals surface area contributed by atoms with Crippen LogP contribution in [0.15, 0.2) is 0 Å². The zero-order chi connectivity index (χ0) is 16.1. The number of carbonyl (C=O) groups excluding carboxylic acids is 2. The third-order valence-electron chi connectivity index (χ3n) is 2.54. The fourth-order valence-corrected chi connectivity index (χ4v) is 1.42. The van der Waals surface area contributed by atoms with E-state index in [4.69, 9.17) is 9.84 Å². The first kappa shape index (κ1) is 18.2. The van der Waals surface area contributed by atoms with Crippen molar-refractivity contribution in [2.24, 2.45) is 0 Å². The summed E-state index contributed by atoms with van der Waals surface area (Å²) in [7, 11) is 0. The van der Waals surface area contributed by atoms with Gasteiger partial charge in [0.2, 0.25) is 5.91 Å². The number of nitrogens with zero attached hydrogens (tertiary/aromatic N) is 1. The molecule has 0 heterocycles. The summed E-state index contributed by atoms with van der Waals surface area (Å²) in [6.45, 7) is 10.1. The van der Waals surface area contributed by atoms with Gasteiger partial charge in [0, 0.05) is 6.54 Å². The highest BCUT2D eigenvalue weighted by atomic mass is 16.6. The third kappa shape index (κ3) is 5.90. The van der Waals surface area contributed by atoms with Gasteiger partial charge < -0.3 is 15.2 Å². The van der Waals surface area contributed by atoms with E-state index in [2.05, 4.69) is 5.32 Å². The largest absolute Gasteiger partial charge is 0.480 e. The number of nitrogens with one attached hydrogen (secondary N) is 1. The van der Waals surface area contributed by atoms with Crippen molar-refractivity contribution in [2.75, 3.05) is 6.54 Å². The van der Waals surface area contributed by atoms with Crippen molar-refractivity contribution in [3.8, 4) is 0 Å². The monoisotopic (exact) mass is 288 g/mol. The molecule has 2 atom stereocenters. The van der Waals surface area contributed by atoms with Crippen LogP contribution in [-0.2, 0) is 14.3 Å². The number of hydrogen-bond acceptors (Lipinski definition) is 4. The van der Waals surface area contributed by atoms with Crippen LogP contribution in [0.5, 0.6) is 0 Å². The SMILES string of the molecule is CCN(C(=O)OC(C)(C)C)[C@@H](C)C(=O)N[C@@H](C)C(=O)O. The maximum absolute atomic E-state index is 12.0. The summed E-state index contributed by atoms with van der Waals surface area (Å²) < 4.78 is 5.21. The van der Waals surface area contributed by atoms with Crippen molar-refractivity contribution in [3.05, 3.63) is 0 Å². The number of hydrogen-bond donors (Lipinski definition) is 2. The second-order valence-electron chi connectivity index (χ2n) is 5.51. The fourth-order valence-electron chi connectivity index (χ4n) is 1.42. The highest BCUT2D eigenvalue weighted by Crippen LogP contribution is 2.12. The molecule has 0 saturated carbocycles. The van der Waals surface area contributed by atoms with Crippen LogP contribution in [0.1, 0.15) is 41.5 Å². The predicted molar refractivity (Wildman–Crippen MR) is 73.3 cm³/mol. The zero-order valence-electron chi connectivity index (χ0n) is 12.9. The molecule has 0 aliphatic carbocycles. The van der Waals surface area contributed by atoms with Crippen LogP contribution in [0.3, 0.4) is 0 Å². The van der Waals surface area contributed by atoms with E-state index >= 15 is 0 Å². The van der Waals surface area contributed by atoms with Crippen molar-refractivity contribution < 1.29 is 24.2 Å². The lowest BCUT2D eigenvalue weighted by Crippen LogP contribution is -2.52. The summed E-state index contributed by atoms with van der Waals surface area (Å²) in [5.74, 6) is -1.67. The van der Waals surface area contributed by atoms with Crippen molar-refractivity contribution in [1.82, 2.24) is 10.2 Å². The lowest BCUT2D eigenvalue weighted by atomic mass is 10.2. The van der Waals surface area contributed by atoms with Gasteiger partial charge in [-0.25, -0.2) is 4.79 Å². The minimum Gasteiger partial charge on any atom is -0.480 e. The Balaban J connectivity index is 4.77. The highest BCUT2D eigenvalue weighted by molar-refractivity contribution is 5.88. The summed E-state index contributed by atoms with van der Waals surface area (Å²) in [5.41, 5.74) is -0.658. The quantitative estimate of drug-likeness (QED) is 0.793. The minimum atomic E-state index is -1.13. The number of ether oxygens (including phenoxy) is 1. The molecule has 0 spiro atoms. The zero-order valence-corrected chi connectivity index (χ0v) is 12.9. The number of carbonyl (C=O) groups is 3. The molecule has 0 aliphatic rings. The van der Waals surface area contributed by atoms with Gasteiger partial charge in [-0.15, -0.1) is 0 Å². The first-order chi connectivity index (χ1) is 8.99. The number of amides is 2. The van der Waals surface area contributed by atoms with Gasteiger partial charge in [-0.05, 0) is 41.5 Å². The number of carboxylic acid groups (broad SMARTS) is 1. The summed E-state index contributed by atoms with van der Waals surface area (Å²) in [6, 6.07) is -1.82. The van der Waals surface area contributed by atoms with Crippen LogP contribution in [0.2, 0.25) is 0 Å². The van der Waals surface area contributed by atoms with Gasteiger partial charge >= 0.3 is 12.1 Å². The normalized spacial score (nSPS) is 14.1. The predicted octanol–water partition coefficient (Wildman–Crippen LogP) is 1.22. The maximum Gasteiger partial charge on any atom is 0.410 e. The lowest BCUT2D eigenvalue weighted by Gasteiger charge is -2.30. The van der Waals surface area contributed by atoms with Crippen molar-refractivity contribution in [2.45, 2.75) is 59.2 Å². The van der Waals surface area contributed by atoms with Gasteiger partial charge in [0.05, 0.1) is 0 Å². The van der Waals surface area contributed by atoms with Crippen LogP contribution in [0, 0.1) is 0 Å². The van der Waals surface area contributed by atoms with Crippen LogP contribution in [-0.4, -0.2) is 52.2 Å². The van der Waals surface area contributed by atoms with Gasteiger partial charge in [-0.2, -0.15) is 0 Å². The Morgan fingerprint density at radius 2 is 1.75 bits per heavy atom. The molecular weight excluding hydrogens is 264 g/mol. The molecule has 0 aliphatic heterocycles. The molecule has 0 bridgehead atoms. The van der Waals surface area contributed by atoms with E-state index in [9.17, 15) is 14.4 Å². The van der Waals surface area contributed by atoms with Crippen molar-refractivity contribution >= 4 is 18.0 Å². The summed E-state index contributed by atoms with van der Waals surface area (Å²) >= 11 is 0. The van der Waals surface area contributed by atoms with Gasteiger partial charge in [-0.3, -0.25) is 14.5 Å². The Hall–Kier alpha value is -1.79. The molecule has 7 heteroatoms. The van der Waals surface area contributed by atoms with Gasteiger partial charge in [0.25, 0.3) is 0 Å². The molecule has 0 aromatic heterocycles. The molecule has 0 rings (SSSR count). The average molecular weight is 288 g/mol. The number of likely N-dealkylation sites (N-methyl/N-ethyl adjacent to an activating group) is 1. The van der Waals surface area contributed by atoms with E-state index in [1.165, 1.54) is 18.7 Å². The van der Waals surface area contributed by atoms with Crippen LogP contribution in [0.25, 0.3) is 0 Å². The number of carboxylic acids is 1.